The first kappa shape index (κ1) is 20.5. The van der Waals surface area contributed by atoms with Crippen molar-refractivity contribution in [3.63, 3.8) is 0 Å². The van der Waals surface area contributed by atoms with Crippen LogP contribution in [0.15, 0.2) is 47.4 Å². The number of halogens is 3. The van der Waals surface area contributed by atoms with Gasteiger partial charge >= 0.3 is 5.76 Å². The maximum absolute atomic E-state index is 13.4. The number of rotatable bonds is 6. The topological polar surface area (TPSA) is 107 Å². The number of nitrogens with one attached hydrogen (secondary N) is 1. The highest BCUT2D eigenvalue weighted by molar-refractivity contribution is 7.91. The number of carbonyl (C=O) groups excluding carboxylic acids is 1. The SMILES string of the molecule is Cc1cc(-c2nnn(CC(=O)Nc3ccccc3S(=O)(=O)C(F)F)n2)ccc1F. The average Bonchev–Trinajstić information content (AvgIpc) is 3.12. The summed E-state index contributed by atoms with van der Waals surface area (Å²) >= 11 is 0. The molecule has 0 radical (unpaired) electrons. The van der Waals surface area contributed by atoms with Crippen molar-refractivity contribution in [3.8, 4) is 11.4 Å². The highest BCUT2D eigenvalue weighted by Crippen LogP contribution is 2.26. The van der Waals surface area contributed by atoms with Gasteiger partial charge in [-0.2, -0.15) is 13.6 Å². The molecule has 0 unspecified atom stereocenters. The van der Waals surface area contributed by atoms with Gasteiger partial charge in [0.25, 0.3) is 0 Å². The van der Waals surface area contributed by atoms with Gasteiger partial charge < -0.3 is 5.32 Å². The Morgan fingerprint density at radius 3 is 2.62 bits per heavy atom. The van der Waals surface area contributed by atoms with E-state index in [0.29, 0.717) is 11.1 Å². The van der Waals surface area contributed by atoms with Gasteiger partial charge in [-0.05, 0) is 48.0 Å². The third kappa shape index (κ3) is 4.42. The minimum Gasteiger partial charge on any atom is -0.323 e. The highest BCUT2D eigenvalue weighted by atomic mass is 32.2. The summed E-state index contributed by atoms with van der Waals surface area (Å²) in [7, 11) is -4.89. The Hall–Kier alpha value is -3.28. The first-order valence-electron chi connectivity index (χ1n) is 8.14. The first-order valence-corrected chi connectivity index (χ1v) is 9.68. The van der Waals surface area contributed by atoms with Crippen LogP contribution in [0.25, 0.3) is 11.4 Å². The Morgan fingerprint density at radius 1 is 1.21 bits per heavy atom. The van der Waals surface area contributed by atoms with Gasteiger partial charge in [-0.25, -0.2) is 12.8 Å². The lowest BCUT2D eigenvalue weighted by molar-refractivity contribution is -0.117. The number of aromatic nitrogens is 4. The van der Waals surface area contributed by atoms with Crippen molar-refractivity contribution in [2.75, 3.05) is 5.32 Å². The molecule has 0 aliphatic carbocycles. The van der Waals surface area contributed by atoms with E-state index in [-0.39, 0.29) is 11.5 Å². The Morgan fingerprint density at radius 2 is 1.93 bits per heavy atom. The fourth-order valence-electron chi connectivity index (χ4n) is 2.44. The molecule has 152 valence electrons. The lowest BCUT2D eigenvalue weighted by Crippen LogP contribution is -2.22. The summed E-state index contributed by atoms with van der Waals surface area (Å²) in [6.07, 6.45) is 0. The fourth-order valence-corrected chi connectivity index (χ4v) is 3.33. The Balaban J connectivity index is 1.76. The van der Waals surface area contributed by atoms with Crippen LogP contribution in [0, 0.1) is 12.7 Å². The van der Waals surface area contributed by atoms with Crippen molar-refractivity contribution in [1.29, 1.82) is 0 Å². The fraction of sp³-hybridized carbons (Fsp3) is 0.176. The van der Waals surface area contributed by atoms with E-state index < -0.39 is 38.8 Å². The van der Waals surface area contributed by atoms with Gasteiger partial charge in [0.2, 0.25) is 21.6 Å². The molecule has 29 heavy (non-hydrogen) atoms. The molecule has 0 aliphatic rings. The number of benzene rings is 2. The smallest absolute Gasteiger partial charge is 0.323 e. The maximum atomic E-state index is 13.4. The quantitative estimate of drug-likeness (QED) is 0.650. The molecular weight excluding hydrogens is 411 g/mol. The number of alkyl halides is 2. The highest BCUT2D eigenvalue weighted by Gasteiger charge is 2.29. The number of para-hydroxylation sites is 1. The van der Waals surface area contributed by atoms with Crippen molar-refractivity contribution in [2.45, 2.75) is 24.1 Å². The van der Waals surface area contributed by atoms with Gasteiger partial charge in [0.1, 0.15) is 12.4 Å². The predicted molar refractivity (Wildman–Crippen MR) is 96.2 cm³/mol. The Bertz CT molecular complexity index is 1160. The lowest BCUT2D eigenvalue weighted by Gasteiger charge is -2.10. The molecule has 0 spiro atoms. The molecule has 0 aliphatic heterocycles. The number of nitrogens with zero attached hydrogens (tertiary/aromatic N) is 4. The van der Waals surface area contributed by atoms with Crippen LogP contribution in [0.1, 0.15) is 5.56 Å². The van der Waals surface area contributed by atoms with Crippen LogP contribution < -0.4 is 5.32 Å². The summed E-state index contributed by atoms with van der Waals surface area (Å²) < 4.78 is 62.5. The Kier molecular flexibility index (Phi) is 5.64. The van der Waals surface area contributed by atoms with Crippen molar-refractivity contribution in [3.05, 3.63) is 53.8 Å². The Labute approximate surface area is 163 Å². The molecule has 1 heterocycles. The molecule has 0 saturated carbocycles. The van der Waals surface area contributed by atoms with Crippen LogP contribution in [0.4, 0.5) is 18.9 Å². The summed E-state index contributed by atoms with van der Waals surface area (Å²) in [4.78, 5) is 12.4. The number of amides is 1. The zero-order valence-corrected chi connectivity index (χ0v) is 15.7. The van der Waals surface area contributed by atoms with Crippen molar-refractivity contribution in [1.82, 2.24) is 20.2 Å². The zero-order valence-electron chi connectivity index (χ0n) is 14.9. The number of hydrogen-bond acceptors (Lipinski definition) is 6. The monoisotopic (exact) mass is 425 g/mol. The molecule has 0 bridgehead atoms. The van der Waals surface area contributed by atoms with E-state index in [2.05, 4.69) is 20.7 Å². The molecule has 0 atom stereocenters. The molecule has 2 aromatic carbocycles. The first-order chi connectivity index (χ1) is 13.7. The molecule has 0 saturated heterocycles. The van der Waals surface area contributed by atoms with E-state index in [4.69, 9.17) is 0 Å². The molecule has 0 fully saturated rings. The third-order valence-electron chi connectivity index (χ3n) is 3.86. The van der Waals surface area contributed by atoms with E-state index in [1.54, 1.807) is 6.92 Å². The normalized spacial score (nSPS) is 11.6. The summed E-state index contributed by atoms with van der Waals surface area (Å²) in [5.41, 5.74) is 0.588. The molecule has 1 N–H and O–H groups in total. The van der Waals surface area contributed by atoms with Gasteiger partial charge in [0.05, 0.1) is 10.6 Å². The van der Waals surface area contributed by atoms with Crippen LogP contribution in [0.3, 0.4) is 0 Å². The van der Waals surface area contributed by atoms with Crippen LogP contribution in [0.2, 0.25) is 0 Å². The summed E-state index contributed by atoms with van der Waals surface area (Å²) in [5, 5.41) is 13.8. The van der Waals surface area contributed by atoms with Gasteiger partial charge in [0, 0.05) is 5.56 Å². The van der Waals surface area contributed by atoms with Crippen LogP contribution >= 0.6 is 0 Å². The average molecular weight is 425 g/mol. The molecule has 3 rings (SSSR count). The lowest BCUT2D eigenvalue weighted by atomic mass is 10.1. The number of hydrogen-bond donors (Lipinski definition) is 1. The van der Waals surface area contributed by atoms with E-state index in [9.17, 15) is 26.4 Å². The summed E-state index contributed by atoms with van der Waals surface area (Å²) in [6, 6.07) is 9.04. The van der Waals surface area contributed by atoms with E-state index in [1.165, 1.54) is 36.4 Å². The van der Waals surface area contributed by atoms with Gasteiger partial charge in [-0.1, -0.05) is 12.1 Å². The molecule has 1 amide bonds. The largest absolute Gasteiger partial charge is 0.341 e. The number of tetrazole rings is 1. The molecule has 12 heteroatoms. The second-order valence-electron chi connectivity index (χ2n) is 5.96. The predicted octanol–water partition coefficient (Wildman–Crippen LogP) is 2.42. The minimum atomic E-state index is -4.89. The zero-order chi connectivity index (χ0) is 21.2. The van der Waals surface area contributed by atoms with Crippen LogP contribution in [0.5, 0.6) is 0 Å². The molecular formula is C17H14F3N5O3S. The van der Waals surface area contributed by atoms with Crippen molar-refractivity contribution < 1.29 is 26.4 Å². The van der Waals surface area contributed by atoms with Gasteiger partial charge in [0.15, 0.2) is 0 Å². The second kappa shape index (κ2) is 7.99. The van der Waals surface area contributed by atoms with Crippen LogP contribution in [-0.4, -0.2) is 40.3 Å². The standard InChI is InChI=1S/C17H14F3N5O3S/c1-10-8-11(6-7-12(10)18)16-22-24-25(23-16)9-15(26)21-13-4-2-3-5-14(13)29(27,28)17(19)20/h2-8,17H,9H2,1H3,(H,21,26). The molecule has 8 nitrogen and oxygen atoms in total. The number of aryl methyl sites for hydroxylation is 1. The number of carbonyl (C=O) groups is 1. The third-order valence-corrected chi connectivity index (χ3v) is 5.29. The molecule has 1 aromatic heterocycles. The maximum Gasteiger partial charge on any atom is 0.341 e. The minimum absolute atomic E-state index is 0.154. The summed E-state index contributed by atoms with van der Waals surface area (Å²) in [6.45, 7) is 1.12. The van der Waals surface area contributed by atoms with E-state index >= 15 is 0 Å². The second-order valence-corrected chi connectivity index (χ2v) is 7.84. The van der Waals surface area contributed by atoms with Gasteiger partial charge in [-0.3, -0.25) is 4.79 Å². The summed E-state index contributed by atoms with van der Waals surface area (Å²) in [5.74, 6) is -4.61. The van der Waals surface area contributed by atoms with E-state index in [0.717, 1.165) is 10.9 Å². The number of anilines is 1. The van der Waals surface area contributed by atoms with Gasteiger partial charge in [-0.15, -0.1) is 10.2 Å². The van der Waals surface area contributed by atoms with E-state index in [1.807, 2.05) is 0 Å². The molecule has 3 aromatic rings. The van der Waals surface area contributed by atoms with Crippen molar-refractivity contribution in [2.24, 2.45) is 0 Å². The van der Waals surface area contributed by atoms with Crippen LogP contribution in [-0.2, 0) is 21.2 Å². The number of sulfone groups is 1. The van der Waals surface area contributed by atoms with Crippen molar-refractivity contribution >= 4 is 21.4 Å².